The lowest BCUT2D eigenvalue weighted by atomic mass is 9.73. The molecule has 1 aliphatic heterocycles. The molecule has 1 aromatic carbocycles. The summed E-state index contributed by atoms with van der Waals surface area (Å²) in [5.41, 5.74) is 6.93. The smallest absolute Gasteiger partial charge is 0.242 e. The van der Waals surface area contributed by atoms with Gasteiger partial charge in [-0.25, -0.2) is 13.1 Å². The highest BCUT2D eigenvalue weighted by molar-refractivity contribution is 7.89. The van der Waals surface area contributed by atoms with Gasteiger partial charge in [0.1, 0.15) is 4.90 Å². The van der Waals surface area contributed by atoms with E-state index in [1.807, 2.05) is 6.92 Å². The van der Waals surface area contributed by atoms with Crippen molar-refractivity contribution in [2.24, 2.45) is 11.7 Å². The first kappa shape index (κ1) is 14.3. The van der Waals surface area contributed by atoms with E-state index in [1.165, 1.54) is 6.07 Å². The summed E-state index contributed by atoms with van der Waals surface area (Å²) in [6, 6.07) is 4.30. The van der Waals surface area contributed by atoms with Gasteiger partial charge in [0.05, 0.1) is 17.2 Å². The van der Waals surface area contributed by atoms with Crippen LogP contribution in [-0.4, -0.2) is 33.2 Å². The van der Waals surface area contributed by atoms with E-state index in [0.29, 0.717) is 6.61 Å². The molecule has 110 valence electrons. The maximum Gasteiger partial charge on any atom is 0.242 e. The number of ether oxygens (including phenoxy) is 1. The number of nitrogens with two attached hydrogens (primary N) is 1. The first-order valence-electron chi connectivity index (χ1n) is 6.56. The third-order valence-electron chi connectivity index (χ3n) is 4.11. The summed E-state index contributed by atoms with van der Waals surface area (Å²) in [7, 11) is -3.68. The Balaban J connectivity index is 1.82. The molecule has 0 spiro atoms. The zero-order valence-corrected chi connectivity index (χ0v) is 12.6. The minimum absolute atomic E-state index is 0.0819. The van der Waals surface area contributed by atoms with Crippen LogP contribution < -0.4 is 10.5 Å². The summed E-state index contributed by atoms with van der Waals surface area (Å²) in [4.78, 5) is 0.0819. The number of hydrogen-bond acceptors (Lipinski definition) is 4. The molecule has 0 amide bonds. The lowest BCUT2D eigenvalue weighted by molar-refractivity contribution is -0.00923. The Labute approximate surface area is 123 Å². The molecule has 3 rings (SSSR count). The second-order valence-electron chi connectivity index (χ2n) is 5.45. The molecule has 1 saturated heterocycles. The van der Waals surface area contributed by atoms with E-state index in [0.717, 1.165) is 12.0 Å². The van der Waals surface area contributed by atoms with Crippen molar-refractivity contribution in [3.05, 3.63) is 28.8 Å². The minimum atomic E-state index is -3.68. The molecule has 5 nitrogen and oxygen atoms in total. The molecular weight excluding hydrogens is 300 g/mol. The van der Waals surface area contributed by atoms with Gasteiger partial charge in [-0.2, -0.15) is 0 Å². The fourth-order valence-electron chi connectivity index (χ4n) is 2.96. The topological polar surface area (TPSA) is 81.4 Å². The molecule has 4 atom stereocenters. The quantitative estimate of drug-likeness (QED) is 0.873. The van der Waals surface area contributed by atoms with Gasteiger partial charge in [-0.1, -0.05) is 17.7 Å². The Bertz CT molecular complexity index is 635. The average Bonchev–Trinajstić information content (AvgIpc) is 2.80. The summed E-state index contributed by atoms with van der Waals surface area (Å²) in [6.45, 7) is 2.50. The molecule has 4 unspecified atom stereocenters. The standard InChI is InChI=1S/C13H17ClN2O3S/c1-7-2-3-10(9(14)6-7)20(17,18)16-12-11(15)8-4-5-19-13(8)12/h2-3,6,8,11-13,16H,4-5,15H2,1H3. The van der Waals surface area contributed by atoms with Crippen LogP contribution in [0.15, 0.2) is 23.1 Å². The molecule has 1 saturated carbocycles. The van der Waals surface area contributed by atoms with Crippen molar-refractivity contribution >= 4 is 21.6 Å². The third kappa shape index (κ3) is 2.25. The number of benzene rings is 1. The lowest BCUT2D eigenvalue weighted by Gasteiger charge is -2.45. The van der Waals surface area contributed by atoms with Crippen molar-refractivity contribution in [2.45, 2.75) is 36.4 Å². The van der Waals surface area contributed by atoms with Crippen LogP contribution in [0.5, 0.6) is 0 Å². The molecule has 0 bridgehead atoms. The Morgan fingerprint density at radius 3 is 2.90 bits per heavy atom. The van der Waals surface area contributed by atoms with Gasteiger partial charge >= 0.3 is 0 Å². The van der Waals surface area contributed by atoms with Crippen molar-refractivity contribution in [1.29, 1.82) is 0 Å². The number of rotatable bonds is 3. The van der Waals surface area contributed by atoms with Crippen LogP contribution in [0.1, 0.15) is 12.0 Å². The average molecular weight is 317 g/mol. The summed E-state index contributed by atoms with van der Waals surface area (Å²) in [6.07, 6.45) is 0.791. The summed E-state index contributed by atoms with van der Waals surface area (Å²) in [5, 5.41) is 0.217. The zero-order chi connectivity index (χ0) is 14.5. The molecule has 1 aliphatic carbocycles. The van der Waals surface area contributed by atoms with Gasteiger partial charge in [0.25, 0.3) is 0 Å². The molecule has 0 radical (unpaired) electrons. The number of nitrogens with one attached hydrogen (secondary N) is 1. The molecule has 20 heavy (non-hydrogen) atoms. The fraction of sp³-hybridized carbons (Fsp3) is 0.538. The first-order valence-corrected chi connectivity index (χ1v) is 8.42. The molecule has 3 N–H and O–H groups in total. The normalized spacial score (nSPS) is 32.8. The molecule has 0 aromatic heterocycles. The Morgan fingerprint density at radius 1 is 1.45 bits per heavy atom. The van der Waals surface area contributed by atoms with E-state index in [2.05, 4.69) is 4.72 Å². The first-order chi connectivity index (χ1) is 9.40. The predicted octanol–water partition coefficient (Wildman–Crippen LogP) is 1.04. The van der Waals surface area contributed by atoms with Gasteiger partial charge in [-0.15, -0.1) is 0 Å². The van der Waals surface area contributed by atoms with Crippen LogP contribution in [0, 0.1) is 12.8 Å². The third-order valence-corrected chi connectivity index (χ3v) is 6.06. The Hall–Kier alpha value is -0.660. The molecule has 7 heteroatoms. The summed E-state index contributed by atoms with van der Waals surface area (Å²) >= 11 is 6.02. The highest BCUT2D eigenvalue weighted by Crippen LogP contribution is 2.38. The molecule has 2 aliphatic rings. The second-order valence-corrected chi connectivity index (χ2v) is 7.54. The minimum Gasteiger partial charge on any atom is -0.376 e. The van der Waals surface area contributed by atoms with Crippen molar-refractivity contribution in [1.82, 2.24) is 4.72 Å². The highest BCUT2D eigenvalue weighted by Gasteiger charge is 2.53. The van der Waals surface area contributed by atoms with Crippen LogP contribution in [0.25, 0.3) is 0 Å². The SMILES string of the molecule is Cc1ccc(S(=O)(=O)NC2C(N)C3CCOC32)c(Cl)c1. The van der Waals surface area contributed by atoms with Crippen molar-refractivity contribution in [3.63, 3.8) is 0 Å². The van der Waals surface area contributed by atoms with Gasteiger partial charge in [0, 0.05) is 18.6 Å². The zero-order valence-electron chi connectivity index (χ0n) is 11.0. The predicted molar refractivity (Wildman–Crippen MR) is 76.1 cm³/mol. The van der Waals surface area contributed by atoms with E-state index in [9.17, 15) is 8.42 Å². The summed E-state index contributed by atoms with van der Waals surface area (Å²) < 4.78 is 32.9. The maximum absolute atomic E-state index is 12.4. The van der Waals surface area contributed by atoms with E-state index in [4.69, 9.17) is 22.1 Å². The number of halogens is 1. The number of hydrogen-bond donors (Lipinski definition) is 2. The largest absolute Gasteiger partial charge is 0.376 e. The number of fused-ring (bicyclic) bond motifs is 1. The van der Waals surface area contributed by atoms with Crippen LogP contribution >= 0.6 is 11.6 Å². The Kier molecular flexibility index (Phi) is 3.54. The van der Waals surface area contributed by atoms with Crippen molar-refractivity contribution < 1.29 is 13.2 Å². The van der Waals surface area contributed by atoms with Gasteiger partial charge in [0.15, 0.2) is 0 Å². The van der Waals surface area contributed by atoms with E-state index >= 15 is 0 Å². The van der Waals surface area contributed by atoms with Crippen LogP contribution in [0.3, 0.4) is 0 Å². The lowest BCUT2D eigenvalue weighted by Crippen LogP contribution is -2.68. The number of sulfonamides is 1. The van der Waals surface area contributed by atoms with E-state index in [1.54, 1.807) is 12.1 Å². The van der Waals surface area contributed by atoms with Gasteiger partial charge < -0.3 is 10.5 Å². The molecule has 2 fully saturated rings. The highest BCUT2D eigenvalue weighted by atomic mass is 35.5. The van der Waals surface area contributed by atoms with E-state index in [-0.39, 0.29) is 34.0 Å². The molecular formula is C13H17ClN2O3S. The van der Waals surface area contributed by atoms with Crippen LogP contribution in [-0.2, 0) is 14.8 Å². The van der Waals surface area contributed by atoms with Crippen molar-refractivity contribution in [3.8, 4) is 0 Å². The van der Waals surface area contributed by atoms with Gasteiger partial charge in [-0.3, -0.25) is 0 Å². The van der Waals surface area contributed by atoms with Gasteiger partial charge in [-0.05, 0) is 31.0 Å². The van der Waals surface area contributed by atoms with Crippen LogP contribution in [0.4, 0.5) is 0 Å². The van der Waals surface area contributed by atoms with E-state index < -0.39 is 10.0 Å². The van der Waals surface area contributed by atoms with Gasteiger partial charge in [0.2, 0.25) is 10.0 Å². The van der Waals surface area contributed by atoms with Crippen LogP contribution in [0.2, 0.25) is 5.02 Å². The molecule has 1 heterocycles. The van der Waals surface area contributed by atoms with Crippen molar-refractivity contribution in [2.75, 3.05) is 6.61 Å². The second kappa shape index (κ2) is 4.96. The monoisotopic (exact) mass is 316 g/mol. The molecule has 1 aromatic rings. The summed E-state index contributed by atoms with van der Waals surface area (Å²) in [5.74, 6) is 0.260. The fourth-order valence-corrected chi connectivity index (χ4v) is 4.84. The maximum atomic E-state index is 12.4. The number of aryl methyl sites for hydroxylation is 1. The Morgan fingerprint density at radius 2 is 2.20 bits per heavy atom.